The number of esters is 1. The van der Waals surface area contributed by atoms with Crippen LogP contribution in [0.15, 0.2) is 72.8 Å². The van der Waals surface area contributed by atoms with Crippen molar-refractivity contribution in [2.75, 3.05) is 6.54 Å². The lowest BCUT2D eigenvalue weighted by atomic mass is 10.1. The number of nitrogens with zero attached hydrogens (tertiary/aromatic N) is 1. The molecule has 148 valence electrons. The number of benzene rings is 3. The summed E-state index contributed by atoms with van der Waals surface area (Å²) >= 11 is 0. The minimum atomic E-state index is -0.581. The third-order valence-electron chi connectivity index (χ3n) is 5.16. The summed E-state index contributed by atoms with van der Waals surface area (Å²) in [6.45, 7) is 0.879. The molecule has 0 radical (unpaired) electrons. The van der Waals surface area contributed by atoms with Crippen molar-refractivity contribution in [1.82, 2.24) is 4.90 Å². The van der Waals surface area contributed by atoms with Gasteiger partial charge in [-0.15, -0.1) is 0 Å². The van der Waals surface area contributed by atoms with Crippen molar-refractivity contribution in [1.29, 1.82) is 0 Å². The molecule has 1 aliphatic rings. The first-order valence-electron chi connectivity index (χ1n) is 9.82. The summed E-state index contributed by atoms with van der Waals surface area (Å²) in [5.74, 6) is -0.381. The van der Waals surface area contributed by atoms with E-state index >= 15 is 0 Å². The van der Waals surface area contributed by atoms with Crippen molar-refractivity contribution in [3.05, 3.63) is 83.9 Å². The number of likely N-dealkylation sites (tertiary alicyclic amines) is 1. The maximum atomic E-state index is 12.6. The second-order valence-electron chi connectivity index (χ2n) is 7.18. The molecule has 1 atom stereocenters. The summed E-state index contributed by atoms with van der Waals surface area (Å²) in [5, 5.41) is 2.24. The molecule has 1 heterocycles. The van der Waals surface area contributed by atoms with Gasteiger partial charge in [0.05, 0.1) is 0 Å². The van der Waals surface area contributed by atoms with Gasteiger partial charge in [-0.1, -0.05) is 66.7 Å². The Bertz CT molecular complexity index is 1000. The number of amides is 1. The van der Waals surface area contributed by atoms with Gasteiger partial charge in [0.25, 0.3) is 0 Å². The fraction of sp³-hybridized carbons (Fsp3) is 0.250. The van der Waals surface area contributed by atoms with E-state index in [0.29, 0.717) is 13.0 Å². The summed E-state index contributed by atoms with van der Waals surface area (Å²) in [6.07, 6.45) is 0.881. The smallest absolute Gasteiger partial charge is 0.410 e. The van der Waals surface area contributed by atoms with Gasteiger partial charge in [0.15, 0.2) is 0 Å². The van der Waals surface area contributed by atoms with Gasteiger partial charge in [-0.2, -0.15) is 0 Å². The van der Waals surface area contributed by atoms with Crippen LogP contribution in [0.2, 0.25) is 0 Å². The minimum absolute atomic E-state index is 0.173. The second kappa shape index (κ2) is 8.78. The van der Waals surface area contributed by atoms with Crippen molar-refractivity contribution in [2.45, 2.75) is 32.1 Å². The number of rotatable bonds is 5. The predicted molar refractivity (Wildman–Crippen MR) is 110 cm³/mol. The lowest BCUT2D eigenvalue weighted by Crippen LogP contribution is -2.41. The van der Waals surface area contributed by atoms with E-state index in [0.717, 1.165) is 28.3 Å². The highest BCUT2D eigenvalue weighted by atomic mass is 16.6. The number of ether oxygens (including phenoxy) is 2. The number of carbonyl (C=O) groups is 2. The first-order chi connectivity index (χ1) is 14.2. The van der Waals surface area contributed by atoms with Crippen LogP contribution in [-0.4, -0.2) is 29.5 Å². The second-order valence-corrected chi connectivity index (χ2v) is 7.18. The summed E-state index contributed by atoms with van der Waals surface area (Å²) in [5.41, 5.74) is 1.84. The van der Waals surface area contributed by atoms with Crippen LogP contribution in [0.25, 0.3) is 10.8 Å². The summed E-state index contributed by atoms with van der Waals surface area (Å²) in [6, 6.07) is 22.9. The maximum absolute atomic E-state index is 12.6. The number of fused-ring (bicyclic) bond motifs is 1. The van der Waals surface area contributed by atoms with Gasteiger partial charge in [0, 0.05) is 6.54 Å². The molecular formula is C24H23NO4. The SMILES string of the molecule is O=C(OCc1ccccc1)C1CCCN1C(=O)OCc1ccc2ccccc2c1. The van der Waals surface area contributed by atoms with E-state index in [-0.39, 0.29) is 19.2 Å². The maximum Gasteiger partial charge on any atom is 0.410 e. The Labute approximate surface area is 169 Å². The lowest BCUT2D eigenvalue weighted by Gasteiger charge is -2.22. The quantitative estimate of drug-likeness (QED) is 0.595. The Morgan fingerprint density at radius 3 is 2.38 bits per heavy atom. The Balaban J connectivity index is 1.33. The Hall–Kier alpha value is -3.34. The molecule has 1 fully saturated rings. The fourth-order valence-electron chi connectivity index (χ4n) is 3.61. The molecule has 4 rings (SSSR count). The summed E-state index contributed by atoms with van der Waals surface area (Å²) in [7, 11) is 0. The molecule has 0 spiro atoms. The van der Waals surface area contributed by atoms with Crippen molar-refractivity contribution >= 4 is 22.8 Å². The van der Waals surface area contributed by atoms with Gasteiger partial charge >= 0.3 is 12.1 Å². The van der Waals surface area contributed by atoms with Gasteiger partial charge in [0.1, 0.15) is 19.3 Å². The van der Waals surface area contributed by atoms with Crippen molar-refractivity contribution in [3.63, 3.8) is 0 Å². The van der Waals surface area contributed by atoms with Crippen molar-refractivity contribution < 1.29 is 19.1 Å². The molecule has 5 nitrogen and oxygen atoms in total. The standard InChI is InChI=1S/C24H23NO4/c26-23(28-16-18-7-2-1-3-8-18)22-11-6-14-25(22)24(27)29-17-19-12-13-20-9-4-5-10-21(20)15-19/h1-5,7-10,12-13,15,22H,6,11,14,16-17H2. The van der Waals surface area contributed by atoms with E-state index in [1.54, 1.807) is 0 Å². The molecule has 0 N–H and O–H groups in total. The molecule has 0 aromatic heterocycles. The van der Waals surface area contributed by atoms with Crippen LogP contribution in [-0.2, 0) is 27.5 Å². The minimum Gasteiger partial charge on any atom is -0.459 e. The molecule has 5 heteroatoms. The number of hydrogen-bond donors (Lipinski definition) is 0. The summed E-state index contributed by atoms with van der Waals surface area (Å²) in [4.78, 5) is 26.5. The first-order valence-corrected chi connectivity index (χ1v) is 9.82. The van der Waals surface area contributed by atoms with E-state index in [1.807, 2.05) is 72.8 Å². The molecule has 1 aliphatic heterocycles. The van der Waals surface area contributed by atoms with Crippen molar-refractivity contribution in [3.8, 4) is 0 Å². The van der Waals surface area contributed by atoms with Crippen molar-refractivity contribution in [2.24, 2.45) is 0 Å². The Kier molecular flexibility index (Phi) is 5.75. The number of hydrogen-bond acceptors (Lipinski definition) is 4. The highest BCUT2D eigenvalue weighted by Gasteiger charge is 2.36. The highest BCUT2D eigenvalue weighted by molar-refractivity contribution is 5.83. The molecule has 0 bridgehead atoms. The molecule has 3 aromatic rings. The third-order valence-corrected chi connectivity index (χ3v) is 5.16. The fourth-order valence-corrected chi connectivity index (χ4v) is 3.61. The van der Waals surface area contributed by atoms with E-state index in [9.17, 15) is 9.59 Å². The number of carbonyl (C=O) groups excluding carboxylic acids is 2. The van der Waals surface area contributed by atoms with E-state index in [1.165, 1.54) is 4.90 Å². The molecule has 1 amide bonds. The van der Waals surface area contributed by atoms with E-state index in [2.05, 4.69) is 0 Å². The van der Waals surface area contributed by atoms with Crippen LogP contribution in [0.3, 0.4) is 0 Å². The zero-order valence-electron chi connectivity index (χ0n) is 16.1. The highest BCUT2D eigenvalue weighted by Crippen LogP contribution is 2.21. The van der Waals surface area contributed by atoms with Crippen LogP contribution in [0, 0.1) is 0 Å². The molecule has 0 aliphatic carbocycles. The Morgan fingerprint density at radius 2 is 1.55 bits per heavy atom. The topological polar surface area (TPSA) is 55.8 Å². The van der Waals surface area contributed by atoms with Crippen LogP contribution in [0.4, 0.5) is 4.79 Å². The normalized spacial score (nSPS) is 16.0. The van der Waals surface area contributed by atoms with Crippen LogP contribution in [0.1, 0.15) is 24.0 Å². The Morgan fingerprint density at radius 1 is 0.828 bits per heavy atom. The molecule has 0 saturated carbocycles. The molecular weight excluding hydrogens is 366 g/mol. The van der Waals surface area contributed by atoms with Gasteiger partial charge in [-0.3, -0.25) is 4.90 Å². The van der Waals surface area contributed by atoms with Gasteiger partial charge in [-0.05, 0) is 40.8 Å². The molecule has 1 unspecified atom stereocenters. The van der Waals surface area contributed by atoms with Gasteiger partial charge in [-0.25, -0.2) is 9.59 Å². The predicted octanol–water partition coefficient (Wildman–Crippen LogP) is 4.68. The van der Waals surface area contributed by atoms with Crippen LogP contribution in [0.5, 0.6) is 0 Å². The monoisotopic (exact) mass is 389 g/mol. The third kappa shape index (κ3) is 4.57. The zero-order valence-corrected chi connectivity index (χ0v) is 16.1. The van der Waals surface area contributed by atoms with E-state index in [4.69, 9.17) is 9.47 Å². The average molecular weight is 389 g/mol. The lowest BCUT2D eigenvalue weighted by molar-refractivity contribution is -0.149. The van der Waals surface area contributed by atoms with Crippen LogP contribution < -0.4 is 0 Å². The van der Waals surface area contributed by atoms with E-state index < -0.39 is 12.1 Å². The van der Waals surface area contributed by atoms with Gasteiger partial charge < -0.3 is 9.47 Å². The molecule has 3 aromatic carbocycles. The first kappa shape index (κ1) is 19.0. The summed E-state index contributed by atoms with van der Waals surface area (Å²) < 4.78 is 10.9. The van der Waals surface area contributed by atoms with Crippen LogP contribution >= 0.6 is 0 Å². The van der Waals surface area contributed by atoms with Gasteiger partial charge in [0.2, 0.25) is 0 Å². The average Bonchev–Trinajstić information content (AvgIpc) is 3.26. The zero-order chi connectivity index (χ0) is 20.1. The molecule has 29 heavy (non-hydrogen) atoms. The molecule has 1 saturated heterocycles. The largest absolute Gasteiger partial charge is 0.459 e.